The average molecular weight is 671 g/mol. The molecule has 0 unspecified atom stereocenters. The maximum absolute atomic E-state index is 11.6. The van der Waals surface area contributed by atoms with E-state index in [0.29, 0.717) is 0 Å². The van der Waals surface area contributed by atoms with E-state index in [0.717, 1.165) is 49.7 Å². The second kappa shape index (κ2) is 33.0. The van der Waals surface area contributed by atoms with Gasteiger partial charge in [0, 0.05) is 11.1 Å². The van der Waals surface area contributed by atoms with Crippen molar-refractivity contribution in [3.05, 3.63) is 22.3 Å². The van der Waals surface area contributed by atoms with Crippen LogP contribution < -0.4 is 0 Å². The van der Waals surface area contributed by atoms with Crippen LogP contribution in [0.25, 0.3) is 0 Å². The molecule has 0 saturated carbocycles. The number of hydrogen-bond donors (Lipinski definition) is 2. The summed E-state index contributed by atoms with van der Waals surface area (Å²) in [6.45, 7) is 9.17. The lowest BCUT2D eigenvalue weighted by Gasteiger charge is -2.23. The molecule has 48 heavy (non-hydrogen) atoms. The Hall–Kier alpha value is -1.18. The molecule has 0 aromatic heterocycles. The molecule has 1 rings (SSSR count). The predicted molar refractivity (Wildman–Crippen MR) is 215 cm³/mol. The molecular weight excluding hydrogens is 585 g/mol. The minimum atomic E-state index is 0.238. The van der Waals surface area contributed by atoms with E-state index in [9.17, 15) is 10.2 Å². The monoisotopic (exact) mass is 671 g/mol. The molecule has 0 aliphatic heterocycles. The molecule has 0 aliphatic carbocycles. The second-order valence-electron chi connectivity index (χ2n) is 15.5. The van der Waals surface area contributed by atoms with Crippen LogP contribution in [0.4, 0.5) is 0 Å². The van der Waals surface area contributed by atoms with Gasteiger partial charge in [-0.2, -0.15) is 0 Å². The molecular formula is C46H86O2. The smallest absolute Gasteiger partial charge is 0.161 e. The van der Waals surface area contributed by atoms with Gasteiger partial charge in [-0.1, -0.05) is 207 Å². The molecule has 2 N–H and O–H groups in total. The second-order valence-corrected chi connectivity index (χ2v) is 15.5. The van der Waals surface area contributed by atoms with E-state index in [4.69, 9.17) is 0 Å². The van der Waals surface area contributed by atoms with Gasteiger partial charge in [0.25, 0.3) is 0 Å². The van der Waals surface area contributed by atoms with Crippen molar-refractivity contribution in [1.82, 2.24) is 0 Å². The molecule has 1 aromatic carbocycles. The van der Waals surface area contributed by atoms with Crippen molar-refractivity contribution in [3.63, 3.8) is 0 Å². The molecule has 0 heterocycles. The van der Waals surface area contributed by atoms with Crippen LogP contribution in [0.5, 0.6) is 11.5 Å². The van der Waals surface area contributed by atoms with Gasteiger partial charge in [-0.3, -0.25) is 0 Å². The average Bonchev–Trinajstić information content (AvgIpc) is 3.09. The third-order valence-electron chi connectivity index (χ3n) is 11.0. The van der Waals surface area contributed by atoms with Gasteiger partial charge >= 0.3 is 0 Å². The molecule has 0 fully saturated rings. The van der Waals surface area contributed by atoms with Crippen molar-refractivity contribution in [3.8, 4) is 11.5 Å². The zero-order valence-electron chi connectivity index (χ0n) is 33.4. The molecule has 0 aliphatic rings. The molecule has 0 spiro atoms. The summed E-state index contributed by atoms with van der Waals surface area (Å²) in [5.41, 5.74) is 5.10. The number of benzene rings is 1. The largest absolute Gasteiger partial charge is 0.504 e. The highest BCUT2D eigenvalue weighted by Crippen LogP contribution is 2.42. The summed E-state index contributed by atoms with van der Waals surface area (Å²) in [7, 11) is 0. The van der Waals surface area contributed by atoms with E-state index < -0.39 is 0 Å². The molecule has 0 bridgehead atoms. The topological polar surface area (TPSA) is 40.5 Å². The first-order chi connectivity index (χ1) is 23.6. The van der Waals surface area contributed by atoms with Crippen LogP contribution in [0, 0.1) is 0 Å². The molecule has 0 saturated heterocycles. The first kappa shape index (κ1) is 44.8. The van der Waals surface area contributed by atoms with E-state index >= 15 is 0 Å². The number of hydrogen-bond acceptors (Lipinski definition) is 2. The normalized spacial score (nSPS) is 11.6. The van der Waals surface area contributed by atoms with Crippen LogP contribution in [0.2, 0.25) is 0 Å². The van der Waals surface area contributed by atoms with Gasteiger partial charge in [0.1, 0.15) is 0 Å². The Labute approximate surface area is 302 Å². The van der Waals surface area contributed by atoms with Crippen molar-refractivity contribution in [2.45, 2.75) is 259 Å². The number of unbranched alkanes of at least 4 members (excludes halogenated alkanes) is 28. The van der Waals surface area contributed by atoms with Crippen LogP contribution in [0.3, 0.4) is 0 Å². The molecule has 2 heteroatoms. The minimum Gasteiger partial charge on any atom is -0.504 e. The van der Waals surface area contributed by atoms with Crippen molar-refractivity contribution in [1.29, 1.82) is 0 Å². The summed E-state index contributed by atoms with van der Waals surface area (Å²) >= 11 is 0. The number of phenols is 2. The third kappa shape index (κ3) is 21.8. The summed E-state index contributed by atoms with van der Waals surface area (Å²) in [4.78, 5) is 0. The van der Waals surface area contributed by atoms with E-state index in [-0.39, 0.29) is 11.5 Å². The van der Waals surface area contributed by atoms with Gasteiger partial charge in [0.15, 0.2) is 11.5 Å². The summed E-state index contributed by atoms with van der Waals surface area (Å²) < 4.78 is 0. The maximum Gasteiger partial charge on any atom is 0.161 e. The van der Waals surface area contributed by atoms with Crippen LogP contribution in [0.15, 0.2) is 0 Å². The van der Waals surface area contributed by atoms with E-state index in [1.807, 2.05) is 0 Å². The van der Waals surface area contributed by atoms with Gasteiger partial charge in [-0.25, -0.2) is 0 Å². The molecule has 0 radical (unpaired) electrons. The molecule has 0 atom stereocenters. The SMILES string of the molecule is CCCCCCCCCCc1c(O)c(O)c(CCCCCCCCCC)c(CCCCCCCCCC)c1CCCCCCCCCC. The summed E-state index contributed by atoms with van der Waals surface area (Å²) in [6, 6.07) is 0. The standard InChI is InChI=1S/C46H86O2/c1-5-9-13-17-21-25-29-33-37-41-42(38-34-30-26-22-18-14-10-6-2)44(40-36-32-28-24-20-16-12-8-4)46(48)45(47)43(41)39-35-31-27-23-19-15-11-7-3/h47-48H,5-40H2,1-4H3. The van der Waals surface area contributed by atoms with Gasteiger partial charge in [0.2, 0.25) is 0 Å². The minimum absolute atomic E-state index is 0.238. The zero-order valence-corrected chi connectivity index (χ0v) is 33.4. The number of aromatic hydroxyl groups is 2. The van der Waals surface area contributed by atoms with Crippen LogP contribution in [0.1, 0.15) is 255 Å². The highest BCUT2D eigenvalue weighted by atomic mass is 16.3. The molecule has 282 valence electrons. The van der Waals surface area contributed by atoms with E-state index in [1.165, 1.54) is 204 Å². The Morgan fingerprint density at radius 2 is 0.396 bits per heavy atom. The quantitative estimate of drug-likeness (QED) is 0.0551. The third-order valence-corrected chi connectivity index (χ3v) is 11.0. The van der Waals surface area contributed by atoms with Crippen molar-refractivity contribution < 1.29 is 10.2 Å². The van der Waals surface area contributed by atoms with Gasteiger partial charge in [-0.15, -0.1) is 0 Å². The van der Waals surface area contributed by atoms with Crippen LogP contribution in [-0.4, -0.2) is 10.2 Å². The highest BCUT2D eigenvalue weighted by molar-refractivity contribution is 5.59. The lowest BCUT2D eigenvalue weighted by Crippen LogP contribution is -2.08. The molecule has 2 nitrogen and oxygen atoms in total. The maximum atomic E-state index is 11.6. The summed E-state index contributed by atoms with van der Waals surface area (Å²) in [5, 5.41) is 23.2. The Morgan fingerprint density at radius 3 is 0.604 bits per heavy atom. The van der Waals surface area contributed by atoms with Crippen molar-refractivity contribution >= 4 is 0 Å². The van der Waals surface area contributed by atoms with E-state index in [2.05, 4.69) is 27.7 Å². The first-order valence-electron chi connectivity index (χ1n) is 22.2. The number of rotatable bonds is 36. The fraction of sp³-hybridized carbons (Fsp3) is 0.870. The van der Waals surface area contributed by atoms with Gasteiger partial charge in [-0.05, 0) is 62.5 Å². The Morgan fingerprint density at radius 1 is 0.229 bits per heavy atom. The molecule has 0 amide bonds. The first-order valence-corrected chi connectivity index (χ1v) is 22.2. The predicted octanol–water partition coefficient (Wildman–Crippen LogP) is 15.8. The Bertz CT molecular complexity index is 774. The Kier molecular flexibility index (Phi) is 30.8. The summed E-state index contributed by atoms with van der Waals surface area (Å²) in [5.74, 6) is 0.475. The Balaban J connectivity index is 3.06. The highest BCUT2D eigenvalue weighted by Gasteiger charge is 2.22. The summed E-state index contributed by atoms with van der Waals surface area (Å²) in [6.07, 6.45) is 46.1. The van der Waals surface area contributed by atoms with Gasteiger partial charge in [0.05, 0.1) is 0 Å². The lowest BCUT2D eigenvalue weighted by molar-refractivity contribution is 0.391. The number of phenolic OH excluding ortho intramolecular Hbond substituents is 2. The fourth-order valence-electron chi connectivity index (χ4n) is 7.82. The van der Waals surface area contributed by atoms with Crippen molar-refractivity contribution in [2.75, 3.05) is 0 Å². The van der Waals surface area contributed by atoms with Crippen molar-refractivity contribution in [2.24, 2.45) is 0 Å². The fourth-order valence-corrected chi connectivity index (χ4v) is 7.82. The lowest BCUT2D eigenvalue weighted by atomic mass is 9.84. The molecule has 1 aromatic rings. The van der Waals surface area contributed by atoms with E-state index in [1.54, 1.807) is 0 Å². The zero-order chi connectivity index (χ0) is 34.9. The van der Waals surface area contributed by atoms with Crippen LogP contribution in [-0.2, 0) is 25.7 Å². The van der Waals surface area contributed by atoms with Crippen LogP contribution >= 0.6 is 0 Å². The van der Waals surface area contributed by atoms with Gasteiger partial charge < -0.3 is 10.2 Å².